The molecule has 0 spiro atoms. The number of furan rings is 1. The minimum absolute atomic E-state index is 0.00781. The molecule has 0 aliphatic heterocycles. The Balaban J connectivity index is 1.93. The Morgan fingerprint density at radius 1 is 1.25 bits per heavy atom. The van der Waals surface area contributed by atoms with Crippen LogP contribution in [-0.2, 0) is 0 Å². The van der Waals surface area contributed by atoms with Crippen LogP contribution in [0.1, 0.15) is 16.8 Å². The number of carbonyl (C=O) groups excluding carboxylic acids is 1. The van der Waals surface area contributed by atoms with Gasteiger partial charge in [-0.2, -0.15) is 0 Å². The van der Waals surface area contributed by atoms with Gasteiger partial charge in [0.2, 0.25) is 0 Å². The van der Waals surface area contributed by atoms with Crippen molar-refractivity contribution < 1.29 is 9.21 Å². The van der Waals surface area contributed by atoms with E-state index in [1.807, 2.05) is 30.3 Å². The molecule has 0 unspecified atom stereocenters. The Bertz CT molecular complexity index is 472. The molecule has 0 N–H and O–H groups in total. The van der Waals surface area contributed by atoms with Crippen LogP contribution >= 0.6 is 0 Å². The molecule has 80 valence electrons. The second kappa shape index (κ2) is 5.07. The van der Waals surface area contributed by atoms with Crippen LogP contribution in [0.15, 0.2) is 58.3 Å². The summed E-state index contributed by atoms with van der Waals surface area (Å²) in [4.78, 5) is 15.7. The first-order chi connectivity index (χ1) is 7.86. The van der Waals surface area contributed by atoms with E-state index in [1.54, 1.807) is 12.3 Å². The Morgan fingerprint density at radius 3 is 2.75 bits per heavy atom. The summed E-state index contributed by atoms with van der Waals surface area (Å²) in [6.07, 6.45) is 4.83. The van der Waals surface area contributed by atoms with Crippen molar-refractivity contribution in [2.75, 3.05) is 0 Å². The van der Waals surface area contributed by atoms with Gasteiger partial charge in [0.15, 0.2) is 5.78 Å². The smallest absolute Gasteiger partial charge is 0.171 e. The van der Waals surface area contributed by atoms with E-state index >= 15 is 0 Å². The maximum atomic E-state index is 11.5. The summed E-state index contributed by atoms with van der Waals surface area (Å²) in [7, 11) is 0. The first-order valence-corrected chi connectivity index (χ1v) is 4.99. The van der Waals surface area contributed by atoms with Crippen LogP contribution in [0.4, 0.5) is 5.69 Å². The van der Waals surface area contributed by atoms with Crippen LogP contribution in [0, 0.1) is 0 Å². The number of hydrogen-bond acceptors (Lipinski definition) is 3. The predicted molar refractivity (Wildman–Crippen MR) is 62.2 cm³/mol. The molecular weight excluding hydrogens is 202 g/mol. The number of benzene rings is 1. The van der Waals surface area contributed by atoms with Crippen molar-refractivity contribution >= 4 is 17.7 Å². The standard InChI is InChI=1S/C13H11NO2/c15-13(11-7-9-16-10-11)6-8-14-12-4-2-1-3-5-12/h1-5,7-10H,6H2. The summed E-state index contributed by atoms with van der Waals surface area (Å²) in [5.74, 6) is 0.00781. The third-order valence-corrected chi connectivity index (χ3v) is 2.12. The molecular formula is C13H11NO2. The molecule has 0 saturated heterocycles. The lowest BCUT2D eigenvalue weighted by atomic mass is 10.2. The van der Waals surface area contributed by atoms with Gasteiger partial charge in [0.05, 0.1) is 17.5 Å². The molecule has 16 heavy (non-hydrogen) atoms. The summed E-state index contributed by atoms with van der Waals surface area (Å²) in [5, 5.41) is 0. The van der Waals surface area contributed by atoms with E-state index in [1.165, 1.54) is 12.5 Å². The highest BCUT2D eigenvalue weighted by molar-refractivity contribution is 6.03. The minimum atomic E-state index is 0.00781. The fourth-order valence-corrected chi connectivity index (χ4v) is 1.29. The second-order valence-corrected chi connectivity index (χ2v) is 3.29. The molecule has 0 fully saturated rings. The number of ketones is 1. The van der Waals surface area contributed by atoms with E-state index in [0.29, 0.717) is 5.56 Å². The molecule has 1 aromatic heterocycles. The van der Waals surface area contributed by atoms with Crippen molar-refractivity contribution in [2.24, 2.45) is 4.99 Å². The lowest BCUT2D eigenvalue weighted by Crippen LogP contribution is -1.96. The van der Waals surface area contributed by atoms with Gasteiger partial charge in [-0.15, -0.1) is 0 Å². The largest absolute Gasteiger partial charge is 0.472 e. The summed E-state index contributed by atoms with van der Waals surface area (Å²) < 4.78 is 4.83. The number of rotatable bonds is 4. The fourth-order valence-electron chi connectivity index (χ4n) is 1.29. The molecule has 0 radical (unpaired) electrons. The third kappa shape index (κ3) is 2.67. The van der Waals surface area contributed by atoms with Gasteiger partial charge >= 0.3 is 0 Å². The monoisotopic (exact) mass is 213 g/mol. The summed E-state index contributed by atoms with van der Waals surface area (Å²) in [6, 6.07) is 11.2. The average molecular weight is 213 g/mol. The summed E-state index contributed by atoms with van der Waals surface area (Å²) in [6.45, 7) is 0. The van der Waals surface area contributed by atoms with E-state index in [2.05, 4.69) is 4.99 Å². The van der Waals surface area contributed by atoms with Crippen LogP contribution in [0.3, 0.4) is 0 Å². The van der Waals surface area contributed by atoms with Crippen molar-refractivity contribution in [1.29, 1.82) is 0 Å². The van der Waals surface area contributed by atoms with E-state index in [-0.39, 0.29) is 12.2 Å². The normalized spacial score (nSPS) is 10.8. The van der Waals surface area contributed by atoms with Crippen LogP contribution in [0.5, 0.6) is 0 Å². The quantitative estimate of drug-likeness (QED) is 0.578. The molecule has 2 aromatic rings. The molecule has 3 nitrogen and oxygen atoms in total. The highest BCUT2D eigenvalue weighted by atomic mass is 16.3. The minimum Gasteiger partial charge on any atom is -0.472 e. The van der Waals surface area contributed by atoms with Crippen molar-refractivity contribution in [3.8, 4) is 0 Å². The molecule has 0 amide bonds. The molecule has 3 heteroatoms. The van der Waals surface area contributed by atoms with Gasteiger partial charge in [-0.3, -0.25) is 9.79 Å². The van der Waals surface area contributed by atoms with E-state index in [9.17, 15) is 4.79 Å². The van der Waals surface area contributed by atoms with E-state index < -0.39 is 0 Å². The van der Waals surface area contributed by atoms with Gasteiger partial charge in [-0.25, -0.2) is 0 Å². The SMILES string of the molecule is O=C(CC=Nc1ccccc1)c1ccoc1. The summed E-state index contributed by atoms with van der Waals surface area (Å²) in [5.41, 5.74) is 1.43. The van der Waals surface area contributed by atoms with Crippen LogP contribution < -0.4 is 0 Å². The molecule has 0 aliphatic rings. The van der Waals surface area contributed by atoms with Crippen LogP contribution in [-0.4, -0.2) is 12.0 Å². The maximum absolute atomic E-state index is 11.5. The lowest BCUT2D eigenvalue weighted by molar-refractivity contribution is 0.100. The molecule has 0 aliphatic carbocycles. The predicted octanol–water partition coefficient (Wildman–Crippen LogP) is 3.25. The molecule has 2 rings (SSSR count). The average Bonchev–Trinajstić information content (AvgIpc) is 2.84. The van der Waals surface area contributed by atoms with Crippen molar-refractivity contribution in [2.45, 2.75) is 6.42 Å². The van der Waals surface area contributed by atoms with Gasteiger partial charge in [-0.1, -0.05) is 18.2 Å². The zero-order valence-electron chi connectivity index (χ0n) is 8.67. The topological polar surface area (TPSA) is 42.6 Å². The van der Waals surface area contributed by atoms with E-state index in [4.69, 9.17) is 4.42 Å². The number of Topliss-reactive ketones (excluding diaryl/α,β-unsaturated/α-hetero) is 1. The molecule has 1 aromatic carbocycles. The van der Waals surface area contributed by atoms with E-state index in [0.717, 1.165) is 5.69 Å². The van der Waals surface area contributed by atoms with Crippen LogP contribution in [0.25, 0.3) is 0 Å². The Labute approximate surface area is 93.4 Å². The fraction of sp³-hybridized carbons (Fsp3) is 0.0769. The van der Waals surface area contributed by atoms with Gasteiger partial charge in [0, 0.05) is 12.6 Å². The van der Waals surface area contributed by atoms with Crippen LogP contribution in [0.2, 0.25) is 0 Å². The highest BCUT2D eigenvalue weighted by Gasteiger charge is 2.04. The molecule has 0 saturated carbocycles. The second-order valence-electron chi connectivity index (χ2n) is 3.29. The Morgan fingerprint density at radius 2 is 2.06 bits per heavy atom. The third-order valence-electron chi connectivity index (χ3n) is 2.12. The first kappa shape index (κ1) is 10.4. The number of nitrogens with zero attached hydrogens (tertiary/aromatic N) is 1. The highest BCUT2D eigenvalue weighted by Crippen LogP contribution is 2.09. The summed E-state index contributed by atoms with van der Waals surface area (Å²) >= 11 is 0. The zero-order valence-corrected chi connectivity index (χ0v) is 8.67. The maximum Gasteiger partial charge on any atom is 0.171 e. The Hall–Kier alpha value is -2.16. The van der Waals surface area contributed by atoms with Gasteiger partial charge in [0.1, 0.15) is 6.26 Å². The van der Waals surface area contributed by atoms with Gasteiger partial charge in [-0.05, 0) is 18.2 Å². The van der Waals surface area contributed by atoms with Crippen molar-refractivity contribution in [3.05, 3.63) is 54.5 Å². The number of carbonyl (C=O) groups is 1. The van der Waals surface area contributed by atoms with Gasteiger partial charge < -0.3 is 4.42 Å². The van der Waals surface area contributed by atoms with Gasteiger partial charge in [0.25, 0.3) is 0 Å². The lowest BCUT2D eigenvalue weighted by Gasteiger charge is -1.92. The first-order valence-electron chi connectivity index (χ1n) is 4.99. The molecule has 0 atom stereocenters. The van der Waals surface area contributed by atoms with Crippen molar-refractivity contribution in [1.82, 2.24) is 0 Å². The number of para-hydroxylation sites is 1. The number of hydrogen-bond donors (Lipinski definition) is 0. The molecule has 0 bridgehead atoms. The zero-order chi connectivity index (χ0) is 11.2. The number of aliphatic imine (C=N–C) groups is 1. The van der Waals surface area contributed by atoms with Crippen molar-refractivity contribution in [3.63, 3.8) is 0 Å². The molecule has 1 heterocycles. The Kier molecular flexibility index (Phi) is 3.28.